The van der Waals surface area contributed by atoms with Crippen molar-refractivity contribution in [2.24, 2.45) is 0 Å². The second-order valence-corrected chi connectivity index (χ2v) is 6.50. The number of benzene rings is 1. The Morgan fingerprint density at radius 1 is 1.19 bits per heavy atom. The molecule has 142 valence electrons. The predicted molar refractivity (Wildman–Crippen MR) is 104 cm³/mol. The summed E-state index contributed by atoms with van der Waals surface area (Å²) in [6, 6.07) is 9.49. The van der Waals surface area contributed by atoms with Gasteiger partial charge < -0.3 is 14.8 Å². The molecular formula is C20H24N4O3. The minimum Gasteiger partial charge on any atom is -0.497 e. The Kier molecular flexibility index (Phi) is 5.90. The van der Waals surface area contributed by atoms with Crippen LogP contribution in [0.25, 0.3) is 11.0 Å². The lowest BCUT2D eigenvalue weighted by Gasteiger charge is -2.08. The number of anilines is 1. The second-order valence-electron chi connectivity index (χ2n) is 6.50. The summed E-state index contributed by atoms with van der Waals surface area (Å²) < 4.78 is 12.6. The molecule has 2 heterocycles. The minimum absolute atomic E-state index is 0.0641. The Morgan fingerprint density at radius 2 is 1.93 bits per heavy atom. The van der Waals surface area contributed by atoms with Crippen LogP contribution >= 0.6 is 0 Å². The molecule has 1 aromatic carbocycles. The molecular weight excluding hydrogens is 344 g/mol. The van der Waals surface area contributed by atoms with E-state index in [0.717, 1.165) is 22.5 Å². The van der Waals surface area contributed by atoms with Gasteiger partial charge in [-0.25, -0.2) is 9.67 Å². The van der Waals surface area contributed by atoms with Gasteiger partial charge in [0, 0.05) is 17.8 Å². The van der Waals surface area contributed by atoms with Crippen LogP contribution in [0.3, 0.4) is 0 Å². The SMILES string of the molecule is COc1ccc(OCCCC(=O)Nc2cnc3c(cnn3C(C)C)c2)cc1. The van der Waals surface area contributed by atoms with E-state index in [1.165, 1.54) is 0 Å². The number of hydrogen-bond acceptors (Lipinski definition) is 5. The van der Waals surface area contributed by atoms with Crippen molar-refractivity contribution in [3.8, 4) is 11.5 Å². The number of pyridine rings is 1. The van der Waals surface area contributed by atoms with E-state index in [9.17, 15) is 4.79 Å². The molecule has 3 rings (SSSR count). The van der Waals surface area contributed by atoms with Gasteiger partial charge in [-0.15, -0.1) is 0 Å². The van der Waals surface area contributed by atoms with Gasteiger partial charge in [-0.1, -0.05) is 0 Å². The topological polar surface area (TPSA) is 78.3 Å². The van der Waals surface area contributed by atoms with Gasteiger partial charge in [0.25, 0.3) is 0 Å². The molecule has 1 N–H and O–H groups in total. The number of carbonyl (C=O) groups is 1. The van der Waals surface area contributed by atoms with E-state index in [1.807, 2.05) is 35.0 Å². The third-order valence-electron chi connectivity index (χ3n) is 4.08. The highest BCUT2D eigenvalue weighted by molar-refractivity contribution is 5.92. The van der Waals surface area contributed by atoms with E-state index in [-0.39, 0.29) is 11.9 Å². The fraction of sp³-hybridized carbons (Fsp3) is 0.350. The summed E-state index contributed by atoms with van der Waals surface area (Å²) in [5, 5.41) is 8.11. The highest BCUT2D eigenvalue weighted by Gasteiger charge is 2.09. The van der Waals surface area contributed by atoms with Crippen molar-refractivity contribution in [2.45, 2.75) is 32.7 Å². The standard InChI is InChI=1S/C20H24N4O3/c1-14(2)24-20-15(12-22-24)11-16(13-21-20)23-19(25)5-4-10-27-18-8-6-17(26-3)7-9-18/h6-9,11-14H,4-5,10H2,1-3H3,(H,23,25). The molecule has 0 saturated carbocycles. The summed E-state index contributed by atoms with van der Waals surface area (Å²) in [5.41, 5.74) is 1.49. The molecule has 27 heavy (non-hydrogen) atoms. The maximum absolute atomic E-state index is 12.1. The summed E-state index contributed by atoms with van der Waals surface area (Å²) in [4.78, 5) is 16.5. The number of methoxy groups -OCH3 is 1. The molecule has 0 unspecified atom stereocenters. The molecule has 0 radical (unpaired) electrons. The minimum atomic E-state index is -0.0641. The average molecular weight is 368 g/mol. The number of nitrogens with one attached hydrogen (secondary N) is 1. The molecule has 3 aromatic rings. The third-order valence-corrected chi connectivity index (χ3v) is 4.08. The van der Waals surface area contributed by atoms with Crippen molar-refractivity contribution in [1.29, 1.82) is 0 Å². The summed E-state index contributed by atoms with van der Waals surface area (Å²) in [6.07, 6.45) is 4.42. The molecule has 1 amide bonds. The number of amides is 1. The molecule has 7 nitrogen and oxygen atoms in total. The van der Waals surface area contributed by atoms with Crippen LogP contribution in [0, 0.1) is 0 Å². The number of rotatable bonds is 8. The zero-order chi connectivity index (χ0) is 19.2. The van der Waals surface area contributed by atoms with Crippen LogP contribution in [0.1, 0.15) is 32.7 Å². The monoisotopic (exact) mass is 368 g/mol. The summed E-state index contributed by atoms with van der Waals surface area (Å²) in [7, 11) is 1.62. The van der Waals surface area contributed by atoms with Crippen LogP contribution < -0.4 is 14.8 Å². The van der Waals surface area contributed by atoms with Crippen LogP contribution in [0.2, 0.25) is 0 Å². The maximum Gasteiger partial charge on any atom is 0.224 e. The lowest BCUT2D eigenvalue weighted by Crippen LogP contribution is -2.13. The van der Waals surface area contributed by atoms with Crippen LogP contribution in [-0.2, 0) is 4.79 Å². The van der Waals surface area contributed by atoms with E-state index in [4.69, 9.17) is 9.47 Å². The van der Waals surface area contributed by atoms with E-state index in [0.29, 0.717) is 25.1 Å². The molecule has 0 atom stereocenters. The van der Waals surface area contributed by atoms with Gasteiger partial charge in [-0.3, -0.25) is 4.79 Å². The first-order valence-corrected chi connectivity index (χ1v) is 8.97. The highest BCUT2D eigenvalue weighted by Crippen LogP contribution is 2.20. The molecule has 0 bridgehead atoms. The molecule has 0 saturated heterocycles. The van der Waals surface area contributed by atoms with Gasteiger partial charge >= 0.3 is 0 Å². The predicted octanol–water partition coefficient (Wildman–Crippen LogP) is 3.82. The molecule has 0 aliphatic carbocycles. The molecule has 2 aromatic heterocycles. The number of fused-ring (bicyclic) bond motifs is 1. The first-order chi connectivity index (χ1) is 13.1. The Bertz CT molecular complexity index is 903. The van der Waals surface area contributed by atoms with Crippen molar-refractivity contribution in [1.82, 2.24) is 14.8 Å². The first kappa shape index (κ1) is 18.7. The third kappa shape index (κ3) is 4.75. The lowest BCUT2D eigenvalue weighted by atomic mass is 10.2. The molecule has 7 heteroatoms. The zero-order valence-corrected chi connectivity index (χ0v) is 15.8. The fourth-order valence-electron chi connectivity index (χ4n) is 2.70. The summed E-state index contributed by atoms with van der Waals surface area (Å²) in [6.45, 7) is 4.58. The highest BCUT2D eigenvalue weighted by atomic mass is 16.5. The van der Waals surface area contributed by atoms with Crippen molar-refractivity contribution >= 4 is 22.6 Å². The maximum atomic E-state index is 12.1. The van der Waals surface area contributed by atoms with Gasteiger partial charge in [0.05, 0.1) is 31.8 Å². The Balaban J connectivity index is 1.46. The smallest absolute Gasteiger partial charge is 0.224 e. The van der Waals surface area contributed by atoms with Gasteiger partial charge in [0.1, 0.15) is 11.5 Å². The van der Waals surface area contributed by atoms with Gasteiger partial charge in [-0.2, -0.15) is 5.10 Å². The number of hydrogen-bond donors (Lipinski definition) is 1. The van der Waals surface area contributed by atoms with E-state index in [2.05, 4.69) is 29.2 Å². The van der Waals surface area contributed by atoms with Gasteiger partial charge in [-0.05, 0) is 50.6 Å². The summed E-state index contributed by atoms with van der Waals surface area (Å²) >= 11 is 0. The number of carbonyl (C=O) groups excluding carboxylic acids is 1. The fourth-order valence-corrected chi connectivity index (χ4v) is 2.70. The van der Waals surface area contributed by atoms with Crippen molar-refractivity contribution in [3.05, 3.63) is 42.7 Å². The number of nitrogens with zero attached hydrogens (tertiary/aromatic N) is 3. The quantitative estimate of drug-likeness (QED) is 0.612. The molecule has 0 aliphatic rings. The van der Waals surface area contributed by atoms with Crippen molar-refractivity contribution in [2.75, 3.05) is 19.0 Å². The van der Waals surface area contributed by atoms with Crippen molar-refractivity contribution in [3.63, 3.8) is 0 Å². The van der Waals surface area contributed by atoms with Crippen molar-refractivity contribution < 1.29 is 14.3 Å². The largest absolute Gasteiger partial charge is 0.497 e. The normalized spacial score (nSPS) is 11.0. The summed E-state index contributed by atoms with van der Waals surface area (Å²) in [5.74, 6) is 1.48. The number of aromatic nitrogens is 3. The average Bonchev–Trinajstić information content (AvgIpc) is 3.09. The Morgan fingerprint density at radius 3 is 2.63 bits per heavy atom. The van der Waals surface area contributed by atoms with E-state index in [1.54, 1.807) is 19.5 Å². The molecule has 0 aliphatic heterocycles. The van der Waals surface area contributed by atoms with Gasteiger partial charge in [0.15, 0.2) is 5.65 Å². The first-order valence-electron chi connectivity index (χ1n) is 8.97. The Hall–Kier alpha value is -3.09. The van der Waals surface area contributed by atoms with Crippen LogP contribution in [0.4, 0.5) is 5.69 Å². The van der Waals surface area contributed by atoms with Gasteiger partial charge in [0.2, 0.25) is 5.91 Å². The number of ether oxygens (including phenoxy) is 2. The second kappa shape index (κ2) is 8.53. The van der Waals surface area contributed by atoms with Crippen LogP contribution in [0.5, 0.6) is 11.5 Å². The van der Waals surface area contributed by atoms with E-state index >= 15 is 0 Å². The molecule has 0 spiro atoms. The van der Waals surface area contributed by atoms with Crippen LogP contribution in [-0.4, -0.2) is 34.4 Å². The Labute approximate surface area is 158 Å². The molecule has 0 fully saturated rings. The van der Waals surface area contributed by atoms with E-state index < -0.39 is 0 Å². The van der Waals surface area contributed by atoms with Crippen LogP contribution in [0.15, 0.2) is 42.7 Å². The lowest BCUT2D eigenvalue weighted by molar-refractivity contribution is -0.116. The zero-order valence-electron chi connectivity index (χ0n) is 15.8.